The molecule has 0 heterocycles. The van der Waals surface area contributed by atoms with Crippen molar-refractivity contribution in [1.82, 2.24) is 0 Å². The molecule has 0 aliphatic heterocycles. The first-order valence-corrected chi connectivity index (χ1v) is 4.87. The van der Waals surface area contributed by atoms with E-state index in [-0.39, 0.29) is 21.1 Å². The van der Waals surface area contributed by atoms with Crippen molar-refractivity contribution in [1.29, 1.82) is 0 Å². The Kier molecular flexibility index (Phi) is 14.2. The minimum Gasteiger partial charge on any atom is -0.107 e. The molecule has 0 nitrogen and oxygen atoms in total. The quantitative estimate of drug-likeness (QED) is 0.708. The first-order valence-electron chi connectivity index (χ1n) is 4.87. The Bertz CT molecular complexity index is 254. The molecule has 0 aromatic heterocycles. The minimum absolute atomic E-state index is 0. The predicted octanol–water partition coefficient (Wildman–Crippen LogP) is 3.67. The van der Waals surface area contributed by atoms with Crippen LogP contribution in [0.3, 0.4) is 0 Å². The molecule has 0 N–H and O–H groups in total. The summed E-state index contributed by atoms with van der Waals surface area (Å²) < 4.78 is 0. The van der Waals surface area contributed by atoms with Crippen LogP contribution in [0.25, 0.3) is 0 Å². The largest absolute Gasteiger partial charge is 0.107 e. The van der Waals surface area contributed by atoms with Crippen molar-refractivity contribution < 1.29 is 21.1 Å². The second-order valence-corrected chi connectivity index (χ2v) is 2.41. The summed E-state index contributed by atoms with van der Waals surface area (Å²) in [5.41, 5.74) is 1.37. The van der Waals surface area contributed by atoms with Crippen molar-refractivity contribution in [3.05, 3.63) is 35.9 Å². The molecule has 0 saturated heterocycles. The van der Waals surface area contributed by atoms with Crippen LogP contribution in [-0.4, -0.2) is 0 Å². The van der Waals surface area contributed by atoms with Crippen LogP contribution in [0.2, 0.25) is 0 Å². The zero-order chi connectivity index (χ0) is 9.94. The van der Waals surface area contributed by atoms with E-state index < -0.39 is 0 Å². The van der Waals surface area contributed by atoms with E-state index in [1.54, 1.807) is 0 Å². The van der Waals surface area contributed by atoms with E-state index in [1.807, 2.05) is 26.8 Å². The van der Waals surface area contributed by atoms with Gasteiger partial charge in [0.15, 0.2) is 0 Å². The molecule has 0 saturated carbocycles. The molecule has 0 spiro atoms. The van der Waals surface area contributed by atoms with Gasteiger partial charge in [0.2, 0.25) is 0 Å². The fraction of sp³-hybridized carbons (Fsp3) is 0.385. The Morgan fingerprint density at radius 3 is 2.14 bits per heavy atom. The van der Waals surface area contributed by atoms with Crippen LogP contribution >= 0.6 is 0 Å². The average Bonchev–Trinajstić information content (AvgIpc) is 2.23. The van der Waals surface area contributed by atoms with Crippen LogP contribution in [0.4, 0.5) is 0 Å². The van der Waals surface area contributed by atoms with Crippen LogP contribution < -0.4 is 0 Å². The molecule has 14 heavy (non-hydrogen) atoms. The summed E-state index contributed by atoms with van der Waals surface area (Å²) >= 11 is 0. The van der Waals surface area contributed by atoms with Gasteiger partial charge in [-0.1, -0.05) is 44.2 Å². The van der Waals surface area contributed by atoms with Gasteiger partial charge in [-0.25, -0.2) is 0 Å². The fourth-order valence-electron chi connectivity index (χ4n) is 0.977. The third kappa shape index (κ3) is 8.08. The molecule has 0 bridgehead atoms. The summed E-state index contributed by atoms with van der Waals surface area (Å²) in [5, 5.41) is 0. The molecule has 0 aliphatic rings. The summed E-state index contributed by atoms with van der Waals surface area (Å²) in [4.78, 5) is 0. The van der Waals surface area contributed by atoms with Crippen LogP contribution in [0.15, 0.2) is 30.3 Å². The van der Waals surface area contributed by atoms with Crippen molar-refractivity contribution in [3.63, 3.8) is 0 Å². The molecule has 0 aliphatic carbocycles. The summed E-state index contributed by atoms with van der Waals surface area (Å²) in [7, 11) is 0. The summed E-state index contributed by atoms with van der Waals surface area (Å²) in [6.07, 6.45) is 2.04. The second kappa shape index (κ2) is 12.5. The second-order valence-electron chi connectivity index (χ2n) is 2.41. The van der Waals surface area contributed by atoms with E-state index >= 15 is 0 Å². The molecule has 1 aromatic rings. The standard InChI is InChI=1S/C11H12.C2H6.W/c1-2-3-5-8-11-9-6-4-7-10-11;1-2;/h4,6-7,9-10H,5,8H2,1H3;1-2H3;. The molecule has 0 unspecified atom stereocenters. The van der Waals surface area contributed by atoms with Gasteiger partial charge in [-0.2, -0.15) is 0 Å². The monoisotopic (exact) mass is 358 g/mol. The van der Waals surface area contributed by atoms with Crippen molar-refractivity contribution >= 4 is 0 Å². The first kappa shape index (κ1) is 15.9. The predicted molar refractivity (Wildman–Crippen MR) is 59.6 cm³/mol. The van der Waals surface area contributed by atoms with Gasteiger partial charge in [-0.3, -0.25) is 0 Å². The van der Waals surface area contributed by atoms with Gasteiger partial charge in [-0.05, 0) is 18.9 Å². The van der Waals surface area contributed by atoms with Gasteiger partial charge in [0.05, 0.1) is 0 Å². The van der Waals surface area contributed by atoms with Crippen LogP contribution in [-0.2, 0) is 27.5 Å². The molecule has 0 fully saturated rings. The molecule has 1 rings (SSSR count). The Labute approximate surface area is 102 Å². The molecule has 0 atom stereocenters. The zero-order valence-electron chi connectivity index (χ0n) is 9.21. The number of benzene rings is 1. The van der Waals surface area contributed by atoms with Crippen molar-refractivity contribution in [3.8, 4) is 11.8 Å². The van der Waals surface area contributed by atoms with Crippen LogP contribution in [0.5, 0.6) is 0 Å². The van der Waals surface area contributed by atoms with E-state index in [1.165, 1.54) is 5.56 Å². The number of aryl methyl sites for hydroxylation is 1. The Hall–Kier alpha value is -0.532. The third-order valence-corrected chi connectivity index (χ3v) is 1.56. The Balaban J connectivity index is 0. The Morgan fingerprint density at radius 2 is 1.64 bits per heavy atom. The van der Waals surface area contributed by atoms with Crippen LogP contribution in [0.1, 0.15) is 32.8 Å². The van der Waals surface area contributed by atoms with E-state index in [4.69, 9.17) is 0 Å². The zero-order valence-corrected chi connectivity index (χ0v) is 12.1. The van der Waals surface area contributed by atoms with Gasteiger partial charge in [0, 0.05) is 27.5 Å². The summed E-state index contributed by atoms with van der Waals surface area (Å²) in [5.74, 6) is 5.93. The van der Waals surface area contributed by atoms with Gasteiger partial charge < -0.3 is 0 Å². The normalized spacial score (nSPS) is 7.07. The van der Waals surface area contributed by atoms with Gasteiger partial charge in [0.1, 0.15) is 0 Å². The maximum atomic E-state index is 3.05. The number of hydrogen-bond donors (Lipinski definition) is 0. The topological polar surface area (TPSA) is 0 Å². The van der Waals surface area contributed by atoms with Crippen molar-refractivity contribution in [2.45, 2.75) is 33.6 Å². The summed E-state index contributed by atoms with van der Waals surface area (Å²) in [6, 6.07) is 10.4. The number of hydrogen-bond acceptors (Lipinski definition) is 0. The van der Waals surface area contributed by atoms with Crippen LogP contribution in [0, 0.1) is 11.8 Å². The molecule has 76 valence electrons. The van der Waals surface area contributed by atoms with E-state index in [9.17, 15) is 0 Å². The van der Waals surface area contributed by atoms with Crippen molar-refractivity contribution in [2.24, 2.45) is 0 Å². The van der Waals surface area contributed by atoms with Crippen molar-refractivity contribution in [2.75, 3.05) is 0 Å². The smallest absolute Gasteiger partial charge is 0.0129 e. The van der Waals surface area contributed by atoms with Gasteiger partial charge in [-0.15, -0.1) is 11.8 Å². The van der Waals surface area contributed by atoms with E-state index in [0.717, 1.165) is 12.8 Å². The molecule has 1 aromatic carbocycles. The summed E-state index contributed by atoms with van der Waals surface area (Å²) in [6.45, 7) is 5.88. The maximum absolute atomic E-state index is 3.05. The molecular weight excluding hydrogens is 340 g/mol. The fourth-order valence-corrected chi connectivity index (χ4v) is 0.977. The first-order chi connectivity index (χ1) is 6.43. The molecule has 0 radical (unpaired) electrons. The average molecular weight is 358 g/mol. The van der Waals surface area contributed by atoms with E-state index in [2.05, 4.69) is 36.1 Å². The molecular formula is C13H18W. The molecule has 0 amide bonds. The maximum Gasteiger partial charge on any atom is 0.0129 e. The molecule has 1 heteroatoms. The van der Waals surface area contributed by atoms with Gasteiger partial charge in [0.25, 0.3) is 0 Å². The third-order valence-electron chi connectivity index (χ3n) is 1.56. The van der Waals surface area contributed by atoms with E-state index in [0.29, 0.717) is 0 Å². The Morgan fingerprint density at radius 1 is 1.07 bits per heavy atom. The minimum atomic E-state index is 0. The number of rotatable bonds is 2. The SMILES string of the molecule is CC.CC#CCCc1ccccc1.[W]. The van der Waals surface area contributed by atoms with Gasteiger partial charge >= 0.3 is 0 Å².